The van der Waals surface area contributed by atoms with Gasteiger partial charge in [0.1, 0.15) is 5.82 Å². The van der Waals surface area contributed by atoms with Crippen molar-refractivity contribution in [2.75, 3.05) is 10.6 Å². The smallest absolute Gasteiger partial charge is 0.324 e. The van der Waals surface area contributed by atoms with Gasteiger partial charge in [-0.05, 0) is 30.4 Å². The van der Waals surface area contributed by atoms with Crippen molar-refractivity contribution in [3.8, 4) is 0 Å². The molecule has 0 bridgehead atoms. The van der Waals surface area contributed by atoms with Crippen LogP contribution >= 0.6 is 0 Å². The molecule has 1 rings (SSSR count). The number of hydrogen-bond donors (Lipinski definition) is 3. The number of aromatic nitrogens is 2. The van der Waals surface area contributed by atoms with Crippen LogP contribution in [-0.2, 0) is 0 Å². The van der Waals surface area contributed by atoms with Gasteiger partial charge in [-0.15, -0.1) is 0 Å². The Morgan fingerprint density at radius 2 is 1.70 bits per heavy atom. The molecule has 0 unspecified atom stereocenters. The summed E-state index contributed by atoms with van der Waals surface area (Å²) in [6.07, 6.45) is 18.4. The van der Waals surface area contributed by atoms with E-state index in [1.807, 2.05) is 0 Å². The van der Waals surface area contributed by atoms with E-state index in [0.717, 1.165) is 0 Å². The van der Waals surface area contributed by atoms with E-state index in [2.05, 4.69) is 52.2 Å². The van der Waals surface area contributed by atoms with E-state index in [1.54, 1.807) is 66.8 Å². The highest BCUT2D eigenvalue weighted by Gasteiger charge is 2.05. The minimum atomic E-state index is -0.449. The molecule has 0 saturated heterocycles. The summed E-state index contributed by atoms with van der Waals surface area (Å²) < 4.78 is 0. The fraction of sp³-hybridized carbons (Fsp3) is 0. The summed E-state index contributed by atoms with van der Waals surface area (Å²) >= 11 is 0. The van der Waals surface area contributed by atoms with Crippen molar-refractivity contribution in [2.24, 2.45) is 0 Å². The number of allylic oxidation sites excluding steroid dienone is 10. The molecular weight excluding hydrogens is 338 g/mol. The lowest BCUT2D eigenvalue weighted by Crippen LogP contribution is -2.28. The summed E-state index contributed by atoms with van der Waals surface area (Å²) in [4.78, 5) is 20.5. The summed E-state index contributed by atoms with van der Waals surface area (Å²) in [7, 11) is 0. The fourth-order valence-corrected chi connectivity index (χ4v) is 1.73. The van der Waals surface area contributed by atoms with Gasteiger partial charge in [-0.1, -0.05) is 62.8 Å². The zero-order valence-corrected chi connectivity index (χ0v) is 15.1. The molecule has 0 saturated carbocycles. The van der Waals surface area contributed by atoms with Crippen molar-refractivity contribution in [3.05, 3.63) is 111 Å². The number of rotatable bonds is 10. The van der Waals surface area contributed by atoms with E-state index in [1.165, 1.54) is 6.20 Å². The van der Waals surface area contributed by atoms with Crippen LogP contribution in [0.1, 0.15) is 0 Å². The normalized spacial score (nSPS) is 11.9. The molecule has 0 aliphatic heterocycles. The van der Waals surface area contributed by atoms with Crippen LogP contribution in [-0.4, -0.2) is 16.0 Å². The van der Waals surface area contributed by atoms with Gasteiger partial charge in [0.15, 0.2) is 0 Å². The van der Waals surface area contributed by atoms with Gasteiger partial charge in [0.05, 0.1) is 0 Å². The van der Waals surface area contributed by atoms with Crippen LogP contribution in [0.3, 0.4) is 0 Å². The monoisotopic (exact) mass is 361 g/mol. The highest BCUT2D eigenvalue weighted by Crippen LogP contribution is 2.09. The molecule has 0 aromatic carbocycles. The van der Waals surface area contributed by atoms with Gasteiger partial charge in [-0.3, -0.25) is 5.32 Å². The molecule has 138 valence electrons. The van der Waals surface area contributed by atoms with Gasteiger partial charge in [-0.2, -0.15) is 4.98 Å². The summed E-state index contributed by atoms with van der Waals surface area (Å²) in [5, 5.41) is 8.33. The van der Waals surface area contributed by atoms with Crippen molar-refractivity contribution in [2.45, 2.75) is 0 Å². The Balaban J connectivity index is 2.82. The maximum absolute atomic E-state index is 12.1. The van der Waals surface area contributed by atoms with Crippen LogP contribution in [0.2, 0.25) is 0 Å². The van der Waals surface area contributed by atoms with Crippen molar-refractivity contribution < 1.29 is 4.79 Å². The predicted molar refractivity (Wildman–Crippen MR) is 113 cm³/mol. The lowest BCUT2D eigenvalue weighted by Gasteiger charge is -2.09. The summed E-state index contributed by atoms with van der Waals surface area (Å²) in [5.41, 5.74) is 1.25. The van der Waals surface area contributed by atoms with Gasteiger partial charge < -0.3 is 10.6 Å². The van der Waals surface area contributed by atoms with Gasteiger partial charge >= 0.3 is 6.03 Å². The molecule has 27 heavy (non-hydrogen) atoms. The zero-order chi connectivity index (χ0) is 19.9. The quantitative estimate of drug-likeness (QED) is 0.531. The molecule has 1 aromatic rings. The molecule has 1 aromatic heterocycles. The van der Waals surface area contributed by atoms with E-state index in [9.17, 15) is 4.79 Å². The lowest BCUT2D eigenvalue weighted by molar-refractivity contribution is 0.254. The lowest BCUT2D eigenvalue weighted by atomic mass is 10.3. The van der Waals surface area contributed by atoms with Crippen molar-refractivity contribution >= 4 is 17.8 Å². The second-order valence-electron chi connectivity index (χ2n) is 4.87. The van der Waals surface area contributed by atoms with Crippen LogP contribution in [0.4, 0.5) is 16.6 Å². The Bertz CT molecular complexity index is 816. The van der Waals surface area contributed by atoms with Crippen LogP contribution < -0.4 is 16.0 Å². The number of amides is 2. The first-order valence-corrected chi connectivity index (χ1v) is 8.04. The van der Waals surface area contributed by atoms with E-state index in [0.29, 0.717) is 23.2 Å². The van der Waals surface area contributed by atoms with Crippen LogP contribution in [0, 0.1) is 0 Å². The van der Waals surface area contributed by atoms with E-state index in [4.69, 9.17) is 0 Å². The Morgan fingerprint density at radius 3 is 2.37 bits per heavy atom. The molecule has 0 aliphatic carbocycles. The zero-order valence-electron chi connectivity index (χ0n) is 15.1. The third kappa shape index (κ3) is 8.64. The number of hydrogen-bond acceptors (Lipinski definition) is 4. The number of anilines is 2. The van der Waals surface area contributed by atoms with Gasteiger partial charge in [0.2, 0.25) is 5.95 Å². The van der Waals surface area contributed by atoms with Crippen molar-refractivity contribution in [1.29, 1.82) is 0 Å². The Labute approximate surface area is 159 Å². The topological polar surface area (TPSA) is 78.9 Å². The maximum atomic E-state index is 12.1. The molecule has 0 atom stereocenters. The number of carbonyl (C=O) groups excluding carboxylic acids is 1. The molecule has 1 heterocycles. The van der Waals surface area contributed by atoms with Gasteiger partial charge in [0, 0.05) is 17.6 Å². The molecule has 3 N–H and O–H groups in total. The average Bonchev–Trinajstić information content (AvgIpc) is 2.66. The Kier molecular flexibility index (Phi) is 9.72. The molecule has 0 radical (unpaired) electrons. The standard InChI is InChI=1S/C21H23N5O/c1-5-9-11-14-17(8-4)23-20-22-16-15-19(25-20)26-21(27)24-18(12-7-3)13-10-6-2/h5-16H,1-4H2,(H3,22,23,24,25,26,27)/b11-9-,13-10-,17-14+,18-12+. The molecule has 2 amide bonds. The number of nitrogens with zero attached hydrogens (tertiary/aromatic N) is 2. The number of urea groups is 1. The molecule has 0 spiro atoms. The fourth-order valence-electron chi connectivity index (χ4n) is 1.73. The van der Waals surface area contributed by atoms with Crippen LogP contribution in [0.5, 0.6) is 0 Å². The second kappa shape index (κ2) is 12.4. The van der Waals surface area contributed by atoms with Crippen molar-refractivity contribution in [1.82, 2.24) is 15.3 Å². The molecule has 0 aliphatic rings. The molecule has 6 heteroatoms. The third-order valence-electron chi connectivity index (χ3n) is 2.86. The van der Waals surface area contributed by atoms with Gasteiger partial charge in [-0.25, -0.2) is 9.78 Å². The molecular formula is C21H23N5O. The second-order valence-corrected chi connectivity index (χ2v) is 4.87. The van der Waals surface area contributed by atoms with E-state index in [-0.39, 0.29) is 0 Å². The third-order valence-corrected chi connectivity index (χ3v) is 2.86. The SMILES string of the molecule is C=C/C=C\C=C(/C=C)Nc1nccc(NC(=O)NC(/C=C\C=C)=C/C=C)n1. The first-order chi connectivity index (χ1) is 13.1. The van der Waals surface area contributed by atoms with Crippen LogP contribution in [0.25, 0.3) is 0 Å². The summed E-state index contributed by atoms with van der Waals surface area (Å²) in [5.74, 6) is 0.653. The summed E-state index contributed by atoms with van der Waals surface area (Å²) in [6.45, 7) is 14.5. The average molecular weight is 361 g/mol. The van der Waals surface area contributed by atoms with Crippen LogP contribution in [0.15, 0.2) is 111 Å². The molecule has 0 fully saturated rings. The largest absolute Gasteiger partial charge is 0.324 e. The van der Waals surface area contributed by atoms with E-state index >= 15 is 0 Å². The maximum Gasteiger partial charge on any atom is 0.324 e. The van der Waals surface area contributed by atoms with Crippen molar-refractivity contribution in [3.63, 3.8) is 0 Å². The highest BCUT2D eigenvalue weighted by atomic mass is 16.2. The minimum absolute atomic E-state index is 0.319. The Morgan fingerprint density at radius 1 is 0.926 bits per heavy atom. The number of nitrogens with one attached hydrogen (secondary N) is 3. The van der Waals surface area contributed by atoms with E-state index < -0.39 is 6.03 Å². The molecule has 6 nitrogen and oxygen atoms in total. The summed E-state index contributed by atoms with van der Waals surface area (Å²) in [6, 6.07) is 1.13. The Hall–Kier alpha value is -3.93. The van der Waals surface area contributed by atoms with Gasteiger partial charge in [0.25, 0.3) is 0 Å². The first-order valence-electron chi connectivity index (χ1n) is 8.04. The highest BCUT2D eigenvalue weighted by molar-refractivity contribution is 5.89. The number of carbonyl (C=O) groups is 1. The minimum Gasteiger partial charge on any atom is -0.324 e. The first kappa shape index (κ1) is 21.1. The predicted octanol–water partition coefficient (Wildman–Crippen LogP) is 4.63.